The molecule has 0 N–H and O–H groups in total. The monoisotopic (exact) mass is 400 g/mol. The van der Waals surface area contributed by atoms with E-state index in [-0.39, 0.29) is 35.9 Å². The van der Waals surface area contributed by atoms with E-state index in [1.165, 1.54) is 12.1 Å². The maximum Gasteiger partial charge on any atom is 0.338 e. The number of benzene rings is 2. The summed E-state index contributed by atoms with van der Waals surface area (Å²) in [5, 5.41) is 0. The zero-order chi connectivity index (χ0) is 20.6. The second-order valence-electron chi connectivity index (χ2n) is 7.05. The van der Waals surface area contributed by atoms with Gasteiger partial charge < -0.3 is 14.2 Å². The van der Waals surface area contributed by atoms with Gasteiger partial charge in [0.05, 0.1) is 24.2 Å². The van der Waals surface area contributed by atoms with E-state index in [2.05, 4.69) is 0 Å². The summed E-state index contributed by atoms with van der Waals surface area (Å²) >= 11 is 0. The van der Waals surface area contributed by atoms with Crippen LogP contribution >= 0.6 is 0 Å². The summed E-state index contributed by atoms with van der Waals surface area (Å²) in [6, 6.07) is 13.4. The molecule has 3 rings (SSSR count). The molecule has 0 aliphatic heterocycles. The summed E-state index contributed by atoms with van der Waals surface area (Å²) in [6.45, 7) is 2.29. The maximum atomic E-state index is 14.4. The highest BCUT2D eigenvalue weighted by atomic mass is 19.1. The fourth-order valence-electron chi connectivity index (χ4n) is 3.39. The lowest BCUT2D eigenvalue weighted by Gasteiger charge is -2.27. The lowest BCUT2D eigenvalue weighted by atomic mass is 9.87. The lowest BCUT2D eigenvalue weighted by molar-refractivity contribution is -0.149. The first-order valence-electron chi connectivity index (χ1n) is 9.90. The third-order valence-electron chi connectivity index (χ3n) is 4.97. The van der Waals surface area contributed by atoms with Gasteiger partial charge in [-0.1, -0.05) is 30.3 Å². The van der Waals surface area contributed by atoms with Crippen molar-refractivity contribution in [2.45, 2.75) is 45.3 Å². The van der Waals surface area contributed by atoms with Crippen LogP contribution in [0.15, 0.2) is 48.5 Å². The number of esters is 2. The van der Waals surface area contributed by atoms with E-state index in [0.29, 0.717) is 32.3 Å². The van der Waals surface area contributed by atoms with E-state index in [1.54, 1.807) is 6.92 Å². The normalized spacial score (nSPS) is 18.7. The third-order valence-corrected chi connectivity index (χ3v) is 4.97. The fraction of sp³-hybridized carbons (Fsp3) is 0.391. The minimum Gasteiger partial charge on any atom is -0.487 e. The second-order valence-corrected chi connectivity index (χ2v) is 7.05. The van der Waals surface area contributed by atoms with Crippen LogP contribution in [0.2, 0.25) is 0 Å². The summed E-state index contributed by atoms with van der Waals surface area (Å²) in [5.74, 6) is -1.37. The van der Waals surface area contributed by atoms with E-state index in [0.717, 1.165) is 11.6 Å². The quantitative estimate of drug-likeness (QED) is 0.632. The molecule has 0 radical (unpaired) electrons. The van der Waals surface area contributed by atoms with E-state index in [9.17, 15) is 14.0 Å². The summed E-state index contributed by atoms with van der Waals surface area (Å²) in [4.78, 5) is 23.9. The first-order chi connectivity index (χ1) is 14.1. The molecular weight excluding hydrogens is 375 g/mol. The van der Waals surface area contributed by atoms with Gasteiger partial charge in [0.25, 0.3) is 0 Å². The van der Waals surface area contributed by atoms with Crippen molar-refractivity contribution in [3.63, 3.8) is 0 Å². The molecule has 2 aromatic rings. The molecule has 0 unspecified atom stereocenters. The van der Waals surface area contributed by atoms with E-state index < -0.39 is 11.8 Å². The molecule has 1 saturated carbocycles. The number of carbonyl (C=O) groups is 2. The molecule has 1 aliphatic carbocycles. The molecule has 1 aliphatic rings. The van der Waals surface area contributed by atoms with Gasteiger partial charge in [-0.25, -0.2) is 9.18 Å². The van der Waals surface area contributed by atoms with Gasteiger partial charge in [-0.2, -0.15) is 0 Å². The Morgan fingerprint density at radius 1 is 1.00 bits per heavy atom. The van der Waals surface area contributed by atoms with Crippen LogP contribution in [0.3, 0.4) is 0 Å². The van der Waals surface area contributed by atoms with Gasteiger partial charge >= 0.3 is 11.9 Å². The first kappa shape index (κ1) is 20.8. The summed E-state index contributed by atoms with van der Waals surface area (Å²) < 4.78 is 30.5. The smallest absolute Gasteiger partial charge is 0.338 e. The Morgan fingerprint density at radius 3 is 2.38 bits per heavy atom. The van der Waals surface area contributed by atoms with Crippen LogP contribution < -0.4 is 4.74 Å². The maximum absolute atomic E-state index is 14.4. The summed E-state index contributed by atoms with van der Waals surface area (Å²) in [6.07, 6.45) is 2.48. The first-order valence-corrected chi connectivity index (χ1v) is 9.90. The highest BCUT2D eigenvalue weighted by molar-refractivity contribution is 5.89. The Kier molecular flexibility index (Phi) is 7.22. The molecule has 0 aromatic heterocycles. The molecular formula is C23H25FO5. The van der Waals surface area contributed by atoms with Crippen molar-refractivity contribution in [2.24, 2.45) is 5.92 Å². The van der Waals surface area contributed by atoms with Crippen molar-refractivity contribution in [2.75, 3.05) is 6.61 Å². The molecule has 6 heteroatoms. The van der Waals surface area contributed by atoms with Crippen molar-refractivity contribution in [1.82, 2.24) is 0 Å². The number of hydrogen-bond acceptors (Lipinski definition) is 5. The van der Waals surface area contributed by atoms with E-state index in [1.807, 2.05) is 30.3 Å². The van der Waals surface area contributed by atoms with Crippen LogP contribution in [0.4, 0.5) is 4.39 Å². The molecule has 29 heavy (non-hydrogen) atoms. The Hall–Kier alpha value is -2.89. The molecule has 0 saturated heterocycles. The van der Waals surface area contributed by atoms with Crippen LogP contribution in [-0.4, -0.2) is 24.6 Å². The van der Waals surface area contributed by atoms with Crippen molar-refractivity contribution < 1.29 is 28.2 Å². The van der Waals surface area contributed by atoms with Crippen molar-refractivity contribution in [3.8, 4) is 5.75 Å². The van der Waals surface area contributed by atoms with Crippen LogP contribution in [0, 0.1) is 11.7 Å². The van der Waals surface area contributed by atoms with Crippen LogP contribution in [0.5, 0.6) is 5.75 Å². The highest BCUT2D eigenvalue weighted by Gasteiger charge is 2.28. The zero-order valence-electron chi connectivity index (χ0n) is 16.4. The summed E-state index contributed by atoms with van der Waals surface area (Å²) in [5.41, 5.74) is 0.997. The number of halogens is 1. The van der Waals surface area contributed by atoms with Crippen molar-refractivity contribution in [1.29, 1.82) is 0 Å². The molecule has 154 valence electrons. The topological polar surface area (TPSA) is 61.8 Å². The number of carbonyl (C=O) groups excluding carboxylic acids is 2. The van der Waals surface area contributed by atoms with E-state index in [4.69, 9.17) is 14.2 Å². The van der Waals surface area contributed by atoms with Gasteiger partial charge in [0.1, 0.15) is 6.61 Å². The van der Waals surface area contributed by atoms with Gasteiger partial charge in [0, 0.05) is 0 Å². The molecule has 1 fully saturated rings. The fourth-order valence-corrected chi connectivity index (χ4v) is 3.39. The van der Waals surface area contributed by atoms with E-state index >= 15 is 0 Å². The summed E-state index contributed by atoms with van der Waals surface area (Å²) in [7, 11) is 0. The minimum atomic E-state index is -0.605. The molecule has 0 amide bonds. The van der Waals surface area contributed by atoms with Crippen LogP contribution in [0.25, 0.3) is 0 Å². The highest BCUT2D eigenvalue weighted by Crippen LogP contribution is 2.30. The molecule has 5 nitrogen and oxygen atoms in total. The Labute approximate surface area is 169 Å². The minimum absolute atomic E-state index is 0.101. The van der Waals surface area contributed by atoms with Gasteiger partial charge in [0.2, 0.25) is 0 Å². The van der Waals surface area contributed by atoms with Crippen molar-refractivity contribution in [3.05, 3.63) is 65.5 Å². The second kappa shape index (κ2) is 10.0. The Morgan fingerprint density at radius 2 is 1.72 bits per heavy atom. The Bertz CT molecular complexity index is 828. The van der Waals surface area contributed by atoms with Gasteiger partial charge in [0.15, 0.2) is 11.6 Å². The zero-order valence-corrected chi connectivity index (χ0v) is 16.4. The van der Waals surface area contributed by atoms with Crippen molar-refractivity contribution >= 4 is 11.9 Å². The van der Waals surface area contributed by atoms with Gasteiger partial charge in [-0.15, -0.1) is 0 Å². The molecule has 0 spiro atoms. The largest absolute Gasteiger partial charge is 0.487 e. The average Bonchev–Trinajstić information content (AvgIpc) is 2.75. The van der Waals surface area contributed by atoms with Gasteiger partial charge in [-0.05, 0) is 56.4 Å². The lowest BCUT2D eigenvalue weighted by Crippen LogP contribution is -2.29. The third kappa shape index (κ3) is 5.79. The molecule has 2 aromatic carbocycles. The number of ether oxygens (including phenoxy) is 3. The predicted molar refractivity (Wildman–Crippen MR) is 105 cm³/mol. The average molecular weight is 400 g/mol. The molecule has 0 bridgehead atoms. The van der Waals surface area contributed by atoms with Crippen LogP contribution in [-0.2, 0) is 20.9 Å². The van der Waals surface area contributed by atoms with Crippen LogP contribution in [0.1, 0.15) is 48.5 Å². The van der Waals surface area contributed by atoms with Gasteiger partial charge in [-0.3, -0.25) is 4.79 Å². The number of rotatable bonds is 7. The standard InChI is InChI=1S/C23H25FO5/c1-2-27-22(25)17-8-11-19(12-9-17)29-21-13-10-18(14-20(21)24)23(26)28-15-16-6-4-3-5-7-16/h3-7,10,13-14,17,19H,2,8-9,11-12,15H2,1H3. The number of hydrogen-bond donors (Lipinski definition) is 0. The molecule has 0 atom stereocenters. The molecule has 0 heterocycles. The SMILES string of the molecule is CCOC(=O)C1CCC(Oc2ccc(C(=O)OCc3ccccc3)cc2F)CC1. The Balaban J connectivity index is 1.52. The predicted octanol–water partition coefficient (Wildman–Crippen LogP) is 4.68.